The summed E-state index contributed by atoms with van der Waals surface area (Å²) in [5.74, 6) is -0.304. The molecule has 0 fully saturated rings. The van der Waals surface area contributed by atoms with Crippen LogP contribution in [-0.4, -0.2) is 27.6 Å². The molecule has 24 heavy (non-hydrogen) atoms. The molecule has 5 nitrogen and oxygen atoms in total. The Balaban J connectivity index is 2.16. The lowest BCUT2D eigenvalue weighted by Crippen LogP contribution is -2.14. The van der Waals surface area contributed by atoms with Crippen molar-refractivity contribution in [1.82, 2.24) is 0 Å². The van der Waals surface area contributed by atoms with E-state index < -0.39 is 10.1 Å². The van der Waals surface area contributed by atoms with E-state index in [9.17, 15) is 13.2 Å². The minimum atomic E-state index is -3.80. The van der Waals surface area contributed by atoms with Crippen LogP contribution in [0.1, 0.15) is 57.4 Å². The van der Waals surface area contributed by atoms with Crippen LogP contribution in [0.15, 0.2) is 29.2 Å². The van der Waals surface area contributed by atoms with Crippen molar-refractivity contribution >= 4 is 16.1 Å². The highest BCUT2D eigenvalue weighted by Crippen LogP contribution is 2.13. The third kappa shape index (κ3) is 8.45. The lowest BCUT2D eigenvalue weighted by atomic mass is 10.1. The van der Waals surface area contributed by atoms with Crippen LogP contribution >= 0.6 is 0 Å². The highest BCUT2D eigenvalue weighted by atomic mass is 32.2. The second-order valence-corrected chi connectivity index (χ2v) is 7.44. The Kier molecular flexibility index (Phi) is 9.64. The smallest absolute Gasteiger partial charge is 0.305 e. The summed E-state index contributed by atoms with van der Waals surface area (Å²) >= 11 is 0. The third-order valence-corrected chi connectivity index (χ3v) is 4.96. The van der Waals surface area contributed by atoms with Crippen molar-refractivity contribution in [3.8, 4) is 0 Å². The molecule has 0 aliphatic heterocycles. The Morgan fingerprint density at radius 2 is 1.58 bits per heavy atom. The van der Waals surface area contributed by atoms with E-state index in [1.807, 2.05) is 6.92 Å². The number of carbonyl (C=O) groups is 1. The highest BCUT2D eigenvalue weighted by Gasteiger charge is 2.14. The Morgan fingerprint density at radius 1 is 0.958 bits per heavy atom. The van der Waals surface area contributed by atoms with Crippen molar-refractivity contribution in [2.75, 3.05) is 13.2 Å². The zero-order chi connectivity index (χ0) is 17.8. The van der Waals surface area contributed by atoms with Gasteiger partial charge in [-0.2, -0.15) is 8.42 Å². The van der Waals surface area contributed by atoms with Crippen LogP contribution < -0.4 is 0 Å². The molecule has 0 aliphatic carbocycles. The number of benzene rings is 1. The molecule has 0 aromatic heterocycles. The molecule has 0 spiro atoms. The fourth-order valence-electron chi connectivity index (χ4n) is 2.19. The van der Waals surface area contributed by atoms with Crippen LogP contribution in [0.4, 0.5) is 0 Å². The number of rotatable bonds is 12. The minimum absolute atomic E-state index is 0.0558. The predicted molar refractivity (Wildman–Crippen MR) is 93.3 cm³/mol. The molecule has 0 saturated carbocycles. The highest BCUT2D eigenvalue weighted by molar-refractivity contribution is 7.86. The molecule has 1 rings (SSSR count). The zero-order valence-corrected chi connectivity index (χ0v) is 15.4. The third-order valence-electron chi connectivity index (χ3n) is 3.63. The van der Waals surface area contributed by atoms with E-state index in [1.54, 1.807) is 12.1 Å². The van der Waals surface area contributed by atoms with Gasteiger partial charge in [0.25, 0.3) is 10.1 Å². The first-order valence-electron chi connectivity index (χ1n) is 8.57. The molecule has 1 aromatic carbocycles. The first-order valence-corrected chi connectivity index (χ1v) is 9.98. The standard InChI is InChI=1S/C18H28O5S/c1-3-4-5-6-7-8-9-18(19)22-14-15-23-24(20,21)17-12-10-16(2)11-13-17/h10-13H,3-9,14-15H2,1-2H3. The van der Waals surface area contributed by atoms with Gasteiger partial charge in [0, 0.05) is 6.42 Å². The quantitative estimate of drug-likeness (QED) is 0.322. The molecule has 0 saturated heterocycles. The average molecular weight is 356 g/mol. The van der Waals surface area contributed by atoms with Crippen molar-refractivity contribution in [3.05, 3.63) is 29.8 Å². The van der Waals surface area contributed by atoms with E-state index >= 15 is 0 Å². The summed E-state index contributed by atoms with van der Waals surface area (Å²) in [6, 6.07) is 6.40. The number of ether oxygens (including phenoxy) is 1. The molecule has 0 N–H and O–H groups in total. The van der Waals surface area contributed by atoms with Crippen LogP contribution in [0.5, 0.6) is 0 Å². The van der Waals surface area contributed by atoms with Gasteiger partial charge in [0.1, 0.15) is 13.2 Å². The minimum Gasteiger partial charge on any atom is -0.463 e. The van der Waals surface area contributed by atoms with Crippen molar-refractivity contribution in [2.45, 2.75) is 63.7 Å². The maximum Gasteiger partial charge on any atom is 0.305 e. The number of esters is 1. The second-order valence-electron chi connectivity index (χ2n) is 5.83. The normalized spacial score (nSPS) is 11.4. The van der Waals surface area contributed by atoms with Crippen molar-refractivity contribution < 1.29 is 22.1 Å². The molecular formula is C18H28O5S. The van der Waals surface area contributed by atoms with Gasteiger partial charge in [0.2, 0.25) is 0 Å². The van der Waals surface area contributed by atoms with Crippen molar-refractivity contribution in [3.63, 3.8) is 0 Å². The molecule has 1 aromatic rings. The van der Waals surface area contributed by atoms with Crippen LogP contribution in [0.25, 0.3) is 0 Å². The summed E-state index contributed by atoms with van der Waals surface area (Å²) < 4.78 is 33.7. The number of hydrogen-bond acceptors (Lipinski definition) is 5. The monoisotopic (exact) mass is 356 g/mol. The maximum absolute atomic E-state index is 11.9. The summed E-state index contributed by atoms with van der Waals surface area (Å²) in [5, 5.41) is 0. The summed E-state index contributed by atoms with van der Waals surface area (Å²) in [5.41, 5.74) is 0.970. The Labute approximate surface area is 145 Å². The van der Waals surface area contributed by atoms with Crippen LogP contribution in [0.2, 0.25) is 0 Å². The summed E-state index contributed by atoms with van der Waals surface area (Å²) in [6.45, 7) is 3.82. The van der Waals surface area contributed by atoms with Crippen LogP contribution in [0.3, 0.4) is 0 Å². The van der Waals surface area contributed by atoms with Crippen LogP contribution in [-0.2, 0) is 23.8 Å². The van der Waals surface area contributed by atoms with Gasteiger partial charge in [-0.3, -0.25) is 8.98 Å². The van der Waals surface area contributed by atoms with Gasteiger partial charge in [0.05, 0.1) is 4.90 Å². The summed E-state index contributed by atoms with van der Waals surface area (Å²) in [7, 11) is -3.80. The van der Waals surface area contributed by atoms with Gasteiger partial charge in [-0.05, 0) is 25.5 Å². The Hall–Kier alpha value is -1.40. The first kappa shape index (κ1) is 20.6. The lowest BCUT2D eigenvalue weighted by Gasteiger charge is -2.07. The van der Waals surface area contributed by atoms with Crippen molar-refractivity contribution in [2.24, 2.45) is 0 Å². The molecule has 6 heteroatoms. The molecule has 0 radical (unpaired) electrons. The number of unbranched alkanes of at least 4 members (excludes halogenated alkanes) is 5. The Bertz CT molecular complexity index is 578. The van der Waals surface area contributed by atoms with E-state index in [1.165, 1.54) is 31.4 Å². The van der Waals surface area contributed by atoms with Gasteiger partial charge >= 0.3 is 5.97 Å². The predicted octanol–water partition coefficient (Wildman–Crippen LogP) is 3.99. The van der Waals surface area contributed by atoms with Gasteiger partial charge < -0.3 is 4.74 Å². The first-order chi connectivity index (χ1) is 11.5. The summed E-state index contributed by atoms with van der Waals surface area (Å²) in [4.78, 5) is 11.6. The van der Waals surface area contributed by atoms with E-state index in [0.29, 0.717) is 6.42 Å². The molecule has 0 atom stereocenters. The molecule has 0 heterocycles. The zero-order valence-electron chi connectivity index (χ0n) is 14.6. The SMILES string of the molecule is CCCCCCCCC(=O)OCCOS(=O)(=O)c1ccc(C)cc1. The van der Waals surface area contributed by atoms with Gasteiger partial charge in [-0.15, -0.1) is 0 Å². The molecular weight excluding hydrogens is 328 g/mol. The summed E-state index contributed by atoms with van der Waals surface area (Å²) in [6.07, 6.45) is 6.98. The molecule has 0 unspecified atom stereocenters. The van der Waals surface area contributed by atoms with Gasteiger partial charge in [-0.25, -0.2) is 0 Å². The van der Waals surface area contributed by atoms with E-state index in [0.717, 1.165) is 24.8 Å². The Morgan fingerprint density at radius 3 is 2.25 bits per heavy atom. The maximum atomic E-state index is 11.9. The number of hydrogen-bond donors (Lipinski definition) is 0. The van der Waals surface area contributed by atoms with E-state index in [4.69, 9.17) is 8.92 Å². The van der Waals surface area contributed by atoms with E-state index in [-0.39, 0.29) is 24.1 Å². The van der Waals surface area contributed by atoms with Gasteiger partial charge in [-0.1, -0.05) is 56.7 Å². The molecule has 136 valence electrons. The number of aryl methyl sites for hydroxylation is 1. The fourth-order valence-corrected chi connectivity index (χ4v) is 3.09. The molecule has 0 amide bonds. The fraction of sp³-hybridized carbons (Fsp3) is 0.611. The van der Waals surface area contributed by atoms with Gasteiger partial charge in [0.15, 0.2) is 0 Å². The van der Waals surface area contributed by atoms with Crippen LogP contribution in [0, 0.1) is 6.92 Å². The second kappa shape index (κ2) is 11.2. The lowest BCUT2D eigenvalue weighted by molar-refractivity contribution is -0.144. The largest absolute Gasteiger partial charge is 0.463 e. The number of carbonyl (C=O) groups excluding carboxylic acids is 1. The topological polar surface area (TPSA) is 69.7 Å². The van der Waals surface area contributed by atoms with E-state index in [2.05, 4.69) is 6.92 Å². The average Bonchev–Trinajstić information content (AvgIpc) is 2.55. The van der Waals surface area contributed by atoms with Crippen molar-refractivity contribution in [1.29, 1.82) is 0 Å². The molecule has 0 bridgehead atoms. The molecule has 0 aliphatic rings.